The normalized spacial score (nSPS) is 29.6. The number of halogens is 1. The van der Waals surface area contributed by atoms with E-state index < -0.39 is 0 Å². The molecular formula is C17H23FN2. The number of likely N-dealkylation sites (N-methyl/N-ethyl adjacent to an activating group) is 1. The predicted molar refractivity (Wildman–Crippen MR) is 79.9 cm³/mol. The van der Waals surface area contributed by atoms with Gasteiger partial charge in [-0.25, -0.2) is 4.39 Å². The third kappa shape index (κ3) is 1.79. The Hall–Kier alpha value is -1.09. The van der Waals surface area contributed by atoms with E-state index in [1.54, 1.807) is 6.07 Å². The van der Waals surface area contributed by atoms with E-state index in [9.17, 15) is 4.39 Å². The molecular weight excluding hydrogens is 251 g/mol. The highest BCUT2D eigenvalue weighted by Gasteiger charge is 2.42. The molecule has 0 spiro atoms. The minimum atomic E-state index is 0.0390. The van der Waals surface area contributed by atoms with Crippen molar-refractivity contribution in [2.24, 2.45) is 0 Å². The predicted octanol–water partition coefficient (Wildman–Crippen LogP) is 3.16. The summed E-state index contributed by atoms with van der Waals surface area (Å²) in [6.45, 7) is 3.24. The van der Waals surface area contributed by atoms with Crippen LogP contribution in [0.1, 0.15) is 42.7 Å². The lowest BCUT2D eigenvalue weighted by molar-refractivity contribution is 0.321. The van der Waals surface area contributed by atoms with Crippen LogP contribution in [0.25, 0.3) is 0 Å². The number of nitrogens with zero attached hydrogens (tertiary/aromatic N) is 2. The molecule has 2 nitrogen and oxygen atoms in total. The van der Waals surface area contributed by atoms with Gasteiger partial charge in [0.05, 0.1) is 0 Å². The van der Waals surface area contributed by atoms with Gasteiger partial charge in [0.25, 0.3) is 0 Å². The second kappa shape index (κ2) is 4.73. The van der Waals surface area contributed by atoms with Crippen molar-refractivity contribution in [3.8, 4) is 0 Å². The van der Waals surface area contributed by atoms with Crippen LogP contribution in [0.5, 0.6) is 0 Å². The summed E-state index contributed by atoms with van der Waals surface area (Å²) in [6.07, 6.45) is 6.03. The van der Waals surface area contributed by atoms with Gasteiger partial charge in [-0.3, -0.25) is 0 Å². The summed E-state index contributed by atoms with van der Waals surface area (Å²) < 4.78 is 14.4. The molecule has 1 saturated carbocycles. The fourth-order valence-electron chi connectivity index (χ4n) is 4.49. The van der Waals surface area contributed by atoms with Crippen LogP contribution in [0.3, 0.4) is 0 Å². The molecule has 0 radical (unpaired) electrons. The van der Waals surface area contributed by atoms with Crippen molar-refractivity contribution in [1.82, 2.24) is 4.90 Å². The molecule has 0 N–H and O–H groups in total. The summed E-state index contributed by atoms with van der Waals surface area (Å²) in [5, 5.41) is 0. The number of benzene rings is 1. The summed E-state index contributed by atoms with van der Waals surface area (Å²) in [5.41, 5.74) is 3.69. The molecule has 1 fully saturated rings. The zero-order chi connectivity index (χ0) is 13.7. The van der Waals surface area contributed by atoms with Crippen LogP contribution in [0, 0.1) is 5.82 Å². The summed E-state index contributed by atoms with van der Waals surface area (Å²) in [4.78, 5) is 4.95. The van der Waals surface area contributed by atoms with Gasteiger partial charge in [-0.1, -0.05) is 18.9 Å². The molecule has 2 aliphatic heterocycles. The number of rotatable bonds is 0. The molecule has 20 heavy (non-hydrogen) atoms. The first-order valence-corrected chi connectivity index (χ1v) is 8.02. The molecule has 0 amide bonds. The average molecular weight is 274 g/mol. The van der Waals surface area contributed by atoms with Crippen LogP contribution >= 0.6 is 0 Å². The first-order chi connectivity index (χ1) is 9.75. The highest BCUT2D eigenvalue weighted by Crippen LogP contribution is 2.50. The lowest BCUT2D eigenvalue weighted by atomic mass is 9.82. The van der Waals surface area contributed by atoms with Crippen molar-refractivity contribution in [2.45, 2.75) is 44.1 Å². The van der Waals surface area contributed by atoms with E-state index >= 15 is 0 Å². The zero-order valence-electron chi connectivity index (χ0n) is 12.2. The van der Waals surface area contributed by atoms with Gasteiger partial charge in [-0.05, 0) is 37.9 Å². The zero-order valence-corrected chi connectivity index (χ0v) is 12.2. The van der Waals surface area contributed by atoms with Crippen LogP contribution in [0.15, 0.2) is 12.1 Å². The Kier molecular flexibility index (Phi) is 2.99. The molecule has 0 aromatic heterocycles. The third-order valence-corrected chi connectivity index (χ3v) is 5.52. The first-order valence-electron chi connectivity index (χ1n) is 8.02. The van der Waals surface area contributed by atoms with E-state index in [1.165, 1.54) is 36.9 Å². The molecule has 1 aromatic rings. The molecule has 2 atom stereocenters. The monoisotopic (exact) mass is 274 g/mol. The lowest BCUT2D eigenvalue weighted by Crippen LogP contribution is -2.42. The van der Waals surface area contributed by atoms with Gasteiger partial charge in [0.2, 0.25) is 0 Å². The van der Waals surface area contributed by atoms with Gasteiger partial charge in [-0.15, -0.1) is 0 Å². The summed E-state index contributed by atoms with van der Waals surface area (Å²) in [7, 11) is 2.20. The standard InChI is InChI=1S/C17H23FN2/c1-19-9-8-12-6-7-14(18)16-13-4-2-3-5-15(13)20(11-10-19)17(12)16/h6-7,13,15H,2-5,8-11H2,1H3. The molecule has 1 aliphatic carbocycles. The van der Waals surface area contributed by atoms with Crippen molar-refractivity contribution in [1.29, 1.82) is 0 Å². The summed E-state index contributed by atoms with van der Waals surface area (Å²) in [6, 6.07) is 4.30. The second-order valence-electron chi connectivity index (χ2n) is 6.67. The highest BCUT2D eigenvalue weighted by atomic mass is 19.1. The number of hydrogen-bond acceptors (Lipinski definition) is 2. The second-order valence-corrected chi connectivity index (χ2v) is 6.67. The van der Waals surface area contributed by atoms with Gasteiger partial charge in [0, 0.05) is 42.8 Å². The minimum absolute atomic E-state index is 0.0390. The molecule has 2 unspecified atom stereocenters. The van der Waals surface area contributed by atoms with Gasteiger partial charge >= 0.3 is 0 Å². The molecule has 2 heterocycles. The van der Waals surface area contributed by atoms with E-state index in [0.717, 1.165) is 31.6 Å². The van der Waals surface area contributed by atoms with Crippen molar-refractivity contribution >= 4 is 5.69 Å². The molecule has 0 bridgehead atoms. The fraction of sp³-hybridized carbons (Fsp3) is 0.647. The first kappa shape index (κ1) is 12.6. The van der Waals surface area contributed by atoms with E-state index in [0.29, 0.717) is 12.0 Å². The molecule has 3 heteroatoms. The summed E-state index contributed by atoms with van der Waals surface area (Å²) in [5.74, 6) is 0.485. The van der Waals surface area contributed by atoms with Crippen LogP contribution in [0.4, 0.5) is 10.1 Å². The van der Waals surface area contributed by atoms with Crippen molar-refractivity contribution < 1.29 is 4.39 Å². The Labute approximate surface area is 120 Å². The van der Waals surface area contributed by atoms with E-state index in [-0.39, 0.29) is 5.82 Å². The van der Waals surface area contributed by atoms with Gasteiger partial charge < -0.3 is 9.80 Å². The van der Waals surface area contributed by atoms with Gasteiger partial charge in [0.15, 0.2) is 0 Å². The molecule has 1 aromatic carbocycles. The topological polar surface area (TPSA) is 6.48 Å². The Morgan fingerprint density at radius 2 is 1.95 bits per heavy atom. The minimum Gasteiger partial charge on any atom is -0.366 e. The van der Waals surface area contributed by atoms with Crippen molar-refractivity contribution in [2.75, 3.05) is 31.6 Å². The number of fused-ring (bicyclic) bond motifs is 3. The Morgan fingerprint density at radius 3 is 2.85 bits per heavy atom. The van der Waals surface area contributed by atoms with Crippen LogP contribution in [-0.2, 0) is 6.42 Å². The SMILES string of the molecule is CN1CCc2ccc(F)c3c2N(CC1)C1CCCCC31. The van der Waals surface area contributed by atoms with E-state index in [1.807, 2.05) is 6.07 Å². The van der Waals surface area contributed by atoms with Gasteiger partial charge in [-0.2, -0.15) is 0 Å². The molecule has 108 valence electrons. The Balaban J connectivity index is 1.85. The maximum absolute atomic E-state index is 14.4. The molecule has 4 rings (SSSR count). The highest BCUT2D eigenvalue weighted by molar-refractivity contribution is 5.67. The maximum atomic E-state index is 14.4. The molecule has 3 aliphatic rings. The number of hydrogen-bond donors (Lipinski definition) is 0. The largest absolute Gasteiger partial charge is 0.366 e. The van der Waals surface area contributed by atoms with Crippen molar-refractivity contribution in [3.63, 3.8) is 0 Å². The summed E-state index contributed by atoms with van der Waals surface area (Å²) >= 11 is 0. The van der Waals surface area contributed by atoms with E-state index in [4.69, 9.17) is 0 Å². The fourth-order valence-corrected chi connectivity index (χ4v) is 4.49. The van der Waals surface area contributed by atoms with Crippen LogP contribution < -0.4 is 4.90 Å². The quantitative estimate of drug-likeness (QED) is 0.717. The number of anilines is 1. The Morgan fingerprint density at radius 1 is 1.10 bits per heavy atom. The smallest absolute Gasteiger partial charge is 0.128 e. The average Bonchev–Trinajstić information content (AvgIpc) is 2.78. The van der Waals surface area contributed by atoms with Gasteiger partial charge in [0.1, 0.15) is 5.82 Å². The lowest BCUT2D eigenvalue weighted by Gasteiger charge is -2.36. The van der Waals surface area contributed by atoms with Crippen molar-refractivity contribution in [3.05, 3.63) is 29.1 Å². The van der Waals surface area contributed by atoms with E-state index in [2.05, 4.69) is 16.8 Å². The van der Waals surface area contributed by atoms with Crippen LogP contribution in [-0.4, -0.2) is 37.6 Å². The molecule has 0 saturated heterocycles. The Bertz CT molecular complexity index is 528. The third-order valence-electron chi connectivity index (χ3n) is 5.52. The maximum Gasteiger partial charge on any atom is 0.128 e. The van der Waals surface area contributed by atoms with Crippen LogP contribution in [0.2, 0.25) is 0 Å².